The third-order valence-corrected chi connectivity index (χ3v) is 10.9. The first-order chi connectivity index (χ1) is 14.7. The van der Waals surface area contributed by atoms with Crippen LogP contribution in [0.3, 0.4) is 0 Å². The fourth-order valence-electron chi connectivity index (χ4n) is 6.82. The number of amides is 1. The average molecular weight is 448 g/mol. The van der Waals surface area contributed by atoms with Crippen LogP contribution in [0.4, 0.5) is 5.69 Å². The van der Waals surface area contributed by atoms with Crippen LogP contribution in [0, 0.1) is 16.7 Å². The molecule has 2 saturated carbocycles. The monoisotopic (exact) mass is 447 g/mol. The van der Waals surface area contributed by atoms with E-state index in [0.717, 1.165) is 43.8 Å². The number of nitrogens with zero attached hydrogens (tertiary/aromatic N) is 3. The Morgan fingerprint density at radius 2 is 1.81 bits per heavy atom. The fraction of sp³-hybridized carbons (Fsp3) is 0.696. The van der Waals surface area contributed by atoms with Crippen LogP contribution in [-0.4, -0.2) is 75.2 Å². The molecule has 0 unspecified atom stereocenters. The van der Waals surface area contributed by atoms with Crippen LogP contribution in [0.2, 0.25) is 0 Å². The van der Waals surface area contributed by atoms with Crippen molar-refractivity contribution in [2.45, 2.75) is 39.2 Å². The third kappa shape index (κ3) is 3.09. The number of rotatable bonds is 4. The van der Waals surface area contributed by atoms with E-state index in [2.05, 4.69) is 18.7 Å². The molecule has 1 amide bonds. The normalized spacial score (nSPS) is 33.5. The van der Waals surface area contributed by atoms with Crippen LogP contribution in [-0.2, 0) is 14.8 Å². The van der Waals surface area contributed by atoms with E-state index < -0.39 is 10.0 Å². The highest BCUT2D eigenvalue weighted by molar-refractivity contribution is 7.89. The van der Waals surface area contributed by atoms with Crippen LogP contribution in [0.5, 0.6) is 5.75 Å². The topological polar surface area (TPSA) is 70.2 Å². The third-order valence-electron chi connectivity index (χ3n) is 8.89. The van der Waals surface area contributed by atoms with E-state index in [1.165, 1.54) is 0 Å². The van der Waals surface area contributed by atoms with Gasteiger partial charge < -0.3 is 14.5 Å². The van der Waals surface area contributed by atoms with Gasteiger partial charge in [-0.3, -0.25) is 4.79 Å². The molecule has 2 aliphatic carbocycles. The van der Waals surface area contributed by atoms with Crippen LogP contribution < -0.4 is 9.64 Å². The van der Waals surface area contributed by atoms with Crippen molar-refractivity contribution in [3.63, 3.8) is 0 Å². The van der Waals surface area contributed by atoms with E-state index in [0.29, 0.717) is 19.0 Å². The lowest BCUT2D eigenvalue weighted by molar-refractivity contribution is -0.132. The fourth-order valence-corrected chi connectivity index (χ4v) is 9.33. The summed E-state index contributed by atoms with van der Waals surface area (Å²) in [6.07, 6.45) is 3.00. The summed E-state index contributed by atoms with van der Waals surface area (Å²) >= 11 is 0. The van der Waals surface area contributed by atoms with Gasteiger partial charge in [0.2, 0.25) is 15.9 Å². The van der Waals surface area contributed by atoms with Crippen molar-refractivity contribution in [3.05, 3.63) is 24.3 Å². The highest BCUT2D eigenvalue weighted by Crippen LogP contribution is 2.69. The van der Waals surface area contributed by atoms with Gasteiger partial charge in [-0.25, -0.2) is 8.42 Å². The quantitative estimate of drug-likeness (QED) is 0.708. The average Bonchev–Trinajstić information content (AvgIpc) is 3.23. The molecule has 31 heavy (non-hydrogen) atoms. The van der Waals surface area contributed by atoms with Crippen molar-refractivity contribution < 1.29 is 17.9 Å². The minimum absolute atomic E-state index is 0.0000851. The lowest BCUT2D eigenvalue weighted by atomic mass is 9.69. The molecular weight excluding hydrogens is 414 g/mol. The second kappa shape index (κ2) is 7.10. The zero-order chi connectivity index (χ0) is 22.0. The number of fused-ring (bicyclic) bond motifs is 1. The van der Waals surface area contributed by atoms with Crippen molar-refractivity contribution in [3.8, 4) is 5.75 Å². The Morgan fingerprint density at radius 3 is 2.42 bits per heavy atom. The van der Waals surface area contributed by atoms with Crippen molar-refractivity contribution in [2.24, 2.45) is 16.7 Å². The maximum absolute atomic E-state index is 13.1. The van der Waals surface area contributed by atoms with E-state index in [4.69, 9.17) is 4.74 Å². The SMILES string of the molecule is COc1ccc(N2CCN(C(=O)CN3[C@H]4C[C@H]5CC[C@@]4(CS3(=O)=O)C5(C)C)CC2)cc1. The number of hydrogen-bond acceptors (Lipinski definition) is 5. The van der Waals surface area contributed by atoms with E-state index in [1.54, 1.807) is 11.4 Å². The van der Waals surface area contributed by atoms with Gasteiger partial charge in [-0.15, -0.1) is 0 Å². The van der Waals surface area contributed by atoms with Gasteiger partial charge in [0.1, 0.15) is 5.75 Å². The van der Waals surface area contributed by atoms with Crippen molar-refractivity contribution in [2.75, 3.05) is 50.5 Å². The van der Waals surface area contributed by atoms with Gasteiger partial charge in [0.05, 0.1) is 19.4 Å². The summed E-state index contributed by atoms with van der Waals surface area (Å²) in [7, 11) is -1.74. The molecule has 7 nitrogen and oxygen atoms in total. The Labute approximate surface area is 185 Å². The van der Waals surface area contributed by atoms with Crippen molar-refractivity contribution in [1.29, 1.82) is 0 Å². The Balaban J connectivity index is 1.24. The summed E-state index contributed by atoms with van der Waals surface area (Å²) in [5, 5.41) is 0. The molecule has 4 aliphatic rings. The highest BCUT2D eigenvalue weighted by atomic mass is 32.2. The molecule has 5 rings (SSSR count). The standard InChI is InChI=1S/C23H33N3O4S/c1-22(2)17-8-9-23(22)16-31(28,29)26(20(23)14-17)15-21(27)25-12-10-24(11-13-25)18-4-6-19(30-3)7-5-18/h4-7,17,20H,8-16H2,1-3H3/t17-,20+,23+/m1/s1. The number of methoxy groups -OCH3 is 1. The molecule has 2 bridgehead atoms. The second-order valence-electron chi connectivity index (χ2n) is 10.2. The smallest absolute Gasteiger partial charge is 0.238 e. The number of piperazine rings is 1. The van der Waals surface area contributed by atoms with E-state index in [1.807, 2.05) is 29.2 Å². The molecule has 1 aromatic carbocycles. The number of hydrogen-bond donors (Lipinski definition) is 0. The molecule has 8 heteroatoms. The molecule has 1 aromatic rings. The van der Waals surface area contributed by atoms with Crippen LogP contribution in [0.15, 0.2) is 24.3 Å². The molecule has 0 radical (unpaired) electrons. The predicted molar refractivity (Wildman–Crippen MR) is 120 cm³/mol. The minimum Gasteiger partial charge on any atom is -0.497 e. The van der Waals surface area contributed by atoms with Crippen LogP contribution in [0.25, 0.3) is 0 Å². The van der Waals surface area contributed by atoms with Crippen LogP contribution >= 0.6 is 0 Å². The van der Waals surface area contributed by atoms with Gasteiger partial charge in [0.25, 0.3) is 0 Å². The molecule has 0 N–H and O–H groups in total. The van der Waals surface area contributed by atoms with Crippen molar-refractivity contribution in [1.82, 2.24) is 9.21 Å². The first-order valence-corrected chi connectivity index (χ1v) is 13.0. The first-order valence-electron chi connectivity index (χ1n) is 11.3. The Bertz CT molecular complexity index is 969. The summed E-state index contributed by atoms with van der Waals surface area (Å²) < 4.78 is 33.0. The number of benzene rings is 1. The minimum atomic E-state index is -3.39. The van der Waals surface area contributed by atoms with Gasteiger partial charge in [-0.2, -0.15) is 4.31 Å². The molecule has 2 saturated heterocycles. The summed E-state index contributed by atoms with van der Waals surface area (Å²) in [6, 6.07) is 7.94. The first kappa shape index (κ1) is 21.1. The Hall–Kier alpha value is -1.80. The number of carbonyl (C=O) groups excluding carboxylic acids is 1. The molecule has 1 spiro atoms. The molecule has 2 heterocycles. The van der Waals surface area contributed by atoms with E-state index >= 15 is 0 Å². The molecule has 2 aliphatic heterocycles. The molecule has 4 fully saturated rings. The summed E-state index contributed by atoms with van der Waals surface area (Å²) in [4.78, 5) is 17.2. The lowest BCUT2D eigenvalue weighted by Crippen LogP contribution is -2.52. The number of carbonyl (C=O) groups is 1. The number of anilines is 1. The largest absolute Gasteiger partial charge is 0.497 e. The number of ether oxygens (including phenoxy) is 1. The molecular formula is C23H33N3O4S. The number of sulfonamides is 1. The van der Waals surface area contributed by atoms with Crippen LogP contribution in [0.1, 0.15) is 33.1 Å². The highest BCUT2D eigenvalue weighted by Gasteiger charge is 2.71. The zero-order valence-corrected chi connectivity index (χ0v) is 19.5. The predicted octanol–water partition coefficient (Wildman–Crippen LogP) is 2.18. The zero-order valence-electron chi connectivity index (χ0n) is 18.7. The molecule has 0 aromatic heterocycles. The lowest BCUT2D eigenvalue weighted by Gasteiger charge is -2.38. The maximum Gasteiger partial charge on any atom is 0.238 e. The summed E-state index contributed by atoms with van der Waals surface area (Å²) in [6.45, 7) is 7.19. The van der Waals surface area contributed by atoms with Gasteiger partial charge in [-0.05, 0) is 54.9 Å². The molecule has 3 atom stereocenters. The summed E-state index contributed by atoms with van der Waals surface area (Å²) in [5.41, 5.74) is 0.970. The van der Waals surface area contributed by atoms with Gasteiger partial charge in [-0.1, -0.05) is 13.8 Å². The second-order valence-corrected chi connectivity index (χ2v) is 12.2. The van der Waals surface area contributed by atoms with Gasteiger partial charge >= 0.3 is 0 Å². The van der Waals surface area contributed by atoms with E-state index in [-0.39, 0.29) is 35.1 Å². The van der Waals surface area contributed by atoms with E-state index in [9.17, 15) is 13.2 Å². The Kier molecular flexibility index (Phi) is 4.83. The van der Waals surface area contributed by atoms with Gasteiger partial charge in [0.15, 0.2) is 0 Å². The van der Waals surface area contributed by atoms with Crippen molar-refractivity contribution >= 4 is 21.6 Å². The summed E-state index contributed by atoms with van der Waals surface area (Å²) in [5.74, 6) is 1.55. The maximum atomic E-state index is 13.1. The molecule has 170 valence electrons. The Morgan fingerprint density at radius 1 is 1.13 bits per heavy atom. The van der Waals surface area contributed by atoms with Gasteiger partial charge in [0, 0.05) is 43.3 Å².